The van der Waals surface area contributed by atoms with E-state index in [9.17, 15) is 9.90 Å². The summed E-state index contributed by atoms with van der Waals surface area (Å²) in [5.41, 5.74) is 4.07. The average molecular weight is 231 g/mol. The van der Waals surface area contributed by atoms with Crippen LogP contribution >= 0.6 is 0 Å². The van der Waals surface area contributed by atoms with Crippen molar-refractivity contribution in [1.82, 2.24) is 0 Å². The monoisotopic (exact) mass is 231 g/mol. The number of rotatable bonds is 4. The smallest absolute Gasteiger partial charge is 0.451 e. The fourth-order valence-corrected chi connectivity index (χ4v) is 2.23. The molecule has 16 heavy (non-hydrogen) atoms. The van der Waals surface area contributed by atoms with Crippen LogP contribution in [0.25, 0.3) is 0 Å². The first kappa shape index (κ1) is 13.4. The highest BCUT2D eigenvalue weighted by atomic mass is 16.4. The quantitative estimate of drug-likeness (QED) is 0.387. The van der Waals surface area contributed by atoms with E-state index in [1.54, 1.807) is 0 Å². The number of aliphatic hydroxyl groups is 1. The van der Waals surface area contributed by atoms with Crippen molar-refractivity contribution in [1.29, 1.82) is 0 Å². The molecule has 0 heterocycles. The van der Waals surface area contributed by atoms with E-state index in [4.69, 9.17) is 20.9 Å². The molecule has 1 fully saturated rings. The summed E-state index contributed by atoms with van der Waals surface area (Å²) in [5, 5.41) is 36.0. The first-order valence-corrected chi connectivity index (χ1v) is 5.42. The lowest BCUT2D eigenvalue weighted by molar-refractivity contribution is -0.151. The molecule has 0 saturated heterocycles. The molecule has 6 N–H and O–H groups in total. The molecule has 1 aliphatic carbocycles. The third kappa shape index (κ3) is 2.94. The van der Waals surface area contributed by atoms with Gasteiger partial charge in [-0.3, -0.25) is 4.79 Å². The number of carboxylic acid groups (broad SMARTS) is 1. The molecule has 0 aromatic rings. The number of aliphatic carboxylic acids is 1. The largest absolute Gasteiger partial charge is 0.480 e. The molecule has 1 saturated carbocycles. The summed E-state index contributed by atoms with van der Waals surface area (Å²) >= 11 is 0. The lowest BCUT2D eigenvalue weighted by atomic mass is 9.70. The molecule has 1 aliphatic rings. The van der Waals surface area contributed by atoms with Crippen LogP contribution < -0.4 is 5.73 Å². The van der Waals surface area contributed by atoms with Crippen molar-refractivity contribution in [3.05, 3.63) is 0 Å². The highest BCUT2D eigenvalue weighted by Gasteiger charge is 2.46. The van der Waals surface area contributed by atoms with Crippen LogP contribution in [0.3, 0.4) is 0 Å². The Balaban J connectivity index is 2.57. The van der Waals surface area contributed by atoms with Gasteiger partial charge in [0.2, 0.25) is 0 Å². The molecule has 6 nitrogen and oxygen atoms in total. The van der Waals surface area contributed by atoms with E-state index in [1.807, 2.05) is 0 Å². The number of hydrogen-bond donors (Lipinski definition) is 5. The lowest BCUT2D eigenvalue weighted by Crippen LogP contribution is -2.60. The van der Waals surface area contributed by atoms with Crippen molar-refractivity contribution < 1.29 is 25.1 Å². The van der Waals surface area contributed by atoms with Crippen molar-refractivity contribution in [2.45, 2.75) is 43.6 Å². The first-order chi connectivity index (χ1) is 7.36. The zero-order valence-electron chi connectivity index (χ0n) is 9.04. The average Bonchev–Trinajstić information content (AvgIpc) is 2.19. The van der Waals surface area contributed by atoms with Gasteiger partial charge in [0.05, 0.1) is 6.10 Å². The van der Waals surface area contributed by atoms with E-state index in [1.165, 1.54) is 0 Å². The SMILES string of the molecule is N[C@]1(C(=O)O)CC(CCB(O)O)CC[C@@H]1O. The van der Waals surface area contributed by atoms with E-state index < -0.39 is 24.7 Å². The van der Waals surface area contributed by atoms with E-state index in [0.717, 1.165) is 0 Å². The Hall–Kier alpha value is -0.625. The van der Waals surface area contributed by atoms with Crippen LogP contribution in [0.1, 0.15) is 25.7 Å². The second-order valence-electron chi connectivity index (χ2n) is 4.57. The van der Waals surface area contributed by atoms with Gasteiger partial charge in [0.1, 0.15) is 5.54 Å². The minimum absolute atomic E-state index is 0.0197. The second-order valence-corrected chi connectivity index (χ2v) is 4.57. The fraction of sp³-hybridized carbons (Fsp3) is 0.889. The minimum Gasteiger partial charge on any atom is -0.480 e. The van der Waals surface area contributed by atoms with Gasteiger partial charge in [0.15, 0.2) is 0 Å². The van der Waals surface area contributed by atoms with Crippen LogP contribution in [-0.2, 0) is 4.79 Å². The molecule has 0 spiro atoms. The lowest BCUT2D eigenvalue weighted by Gasteiger charge is -2.38. The summed E-state index contributed by atoms with van der Waals surface area (Å²) in [7, 11) is -1.37. The Morgan fingerprint density at radius 2 is 2.06 bits per heavy atom. The summed E-state index contributed by atoms with van der Waals surface area (Å²) < 4.78 is 0. The van der Waals surface area contributed by atoms with Crippen molar-refractivity contribution in [3.8, 4) is 0 Å². The highest BCUT2D eigenvalue weighted by molar-refractivity contribution is 6.40. The summed E-state index contributed by atoms with van der Waals surface area (Å²) in [6.07, 6.45) is 0.874. The fourth-order valence-electron chi connectivity index (χ4n) is 2.23. The highest BCUT2D eigenvalue weighted by Crippen LogP contribution is 2.34. The zero-order valence-corrected chi connectivity index (χ0v) is 9.04. The number of carbonyl (C=O) groups is 1. The third-order valence-electron chi connectivity index (χ3n) is 3.30. The molecule has 0 radical (unpaired) electrons. The van der Waals surface area contributed by atoms with Gasteiger partial charge in [-0.1, -0.05) is 6.42 Å². The number of carboxylic acids is 1. The normalized spacial score (nSPS) is 34.8. The van der Waals surface area contributed by atoms with E-state index >= 15 is 0 Å². The van der Waals surface area contributed by atoms with Crippen molar-refractivity contribution >= 4 is 13.1 Å². The van der Waals surface area contributed by atoms with Crippen LogP contribution in [-0.4, -0.2) is 45.0 Å². The predicted molar refractivity (Wildman–Crippen MR) is 57.5 cm³/mol. The summed E-state index contributed by atoms with van der Waals surface area (Å²) in [6.45, 7) is 0. The maximum atomic E-state index is 11.0. The molecular weight excluding hydrogens is 213 g/mol. The van der Waals surface area contributed by atoms with Crippen molar-refractivity contribution in [2.75, 3.05) is 0 Å². The van der Waals surface area contributed by atoms with Crippen LogP contribution in [0.2, 0.25) is 6.32 Å². The van der Waals surface area contributed by atoms with Gasteiger partial charge in [-0.05, 0) is 31.5 Å². The molecule has 0 aromatic carbocycles. The van der Waals surface area contributed by atoms with Gasteiger partial charge in [-0.2, -0.15) is 0 Å². The van der Waals surface area contributed by atoms with E-state index in [2.05, 4.69) is 0 Å². The maximum absolute atomic E-state index is 11.0. The van der Waals surface area contributed by atoms with Crippen molar-refractivity contribution in [2.24, 2.45) is 11.7 Å². The summed E-state index contributed by atoms with van der Waals surface area (Å²) in [4.78, 5) is 11.0. The molecule has 1 unspecified atom stereocenters. The first-order valence-electron chi connectivity index (χ1n) is 5.42. The Morgan fingerprint density at radius 3 is 2.56 bits per heavy atom. The number of aliphatic hydroxyl groups excluding tert-OH is 1. The predicted octanol–water partition coefficient (Wildman–Crippen LogP) is -1.21. The second kappa shape index (κ2) is 5.14. The van der Waals surface area contributed by atoms with Crippen LogP contribution in [0.4, 0.5) is 0 Å². The standard InChI is InChI=1S/C9H18BNO5/c11-9(8(13)14)5-6(1-2-7(9)12)3-4-10(15)16/h6-7,12,15-16H,1-5,11H2,(H,13,14)/t6?,7-,9+/m0/s1. The van der Waals surface area contributed by atoms with Gasteiger partial charge < -0.3 is 26.0 Å². The molecule has 1 rings (SSSR count). The molecule has 0 aromatic heterocycles. The van der Waals surface area contributed by atoms with Crippen LogP contribution in [0.15, 0.2) is 0 Å². The molecule has 7 heteroatoms. The number of hydrogen-bond acceptors (Lipinski definition) is 5. The maximum Gasteiger partial charge on any atom is 0.451 e. The Morgan fingerprint density at radius 1 is 1.44 bits per heavy atom. The van der Waals surface area contributed by atoms with Gasteiger partial charge in [-0.15, -0.1) is 0 Å². The minimum atomic E-state index is -1.59. The van der Waals surface area contributed by atoms with E-state index in [-0.39, 0.29) is 18.7 Å². The molecule has 0 bridgehead atoms. The molecule has 0 amide bonds. The van der Waals surface area contributed by atoms with Gasteiger partial charge in [-0.25, -0.2) is 0 Å². The Labute approximate surface area is 94.2 Å². The summed E-state index contributed by atoms with van der Waals surface area (Å²) in [6, 6.07) is 0. The topological polar surface area (TPSA) is 124 Å². The molecule has 0 aliphatic heterocycles. The molecule has 92 valence electrons. The van der Waals surface area contributed by atoms with Gasteiger partial charge in [0, 0.05) is 0 Å². The van der Waals surface area contributed by atoms with Gasteiger partial charge in [0.25, 0.3) is 0 Å². The van der Waals surface area contributed by atoms with Crippen molar-refractivity contribution in [3.63, 3.8) is 0 Å². The van der Waals surface area contributed by atoms with E-state index in [0.29, 0.717) is 19.3 Å². The Bertz CT molecular complexity index is 262. The van der Waals surface area contributed by atoms with Crippen LogP contribution in [0.5, 0.6) is 0 Å². The van der Waals surface area contributed by atoms with Crippen LogP contribution in [0, 0.1) is 5.92 Å². The number of nitrogens with two attached hydrogens (primary N) is 1. The Kier molecular flexibility index (Phi) is 4.31. The third-order valence-corrected chi connectivity index (χ3v) is 3.30. The molecule has 3 atom stereocenters. The van der Waals surface area contributed by atoms with Gasteiger partial charge >= 0.3 is 13.1 Å². The zero-order chi connectivity index (χ0) is 12.3. The molecular formula is C9H18BNO5. The summed E-state index contributed by atoms with van der Waals surface area (Å²) in [5.74, 6) is -1.18.